The zero-order chi connectivity index (χ0) is 49.5. The highest BCUT2D eigenvalue weighted by atomic mass is 32.1. The highest BCUT2D eigenvalue weighted by Crippen LogP contribution is 2.35. The van der Waals surface area contributed by atoms with Gasteiger partial charge in [0.2, 0.25) is 23.6 Å². The van der Waals surface area contributed by atoms with Crippen molar-refractivity contribution in [2.75, 3.05) is 65.8 Å². The first-order valence-corrected chi connectivity index (χ1v) is 25.2. The second kappa shape index (κ2) is 25.3. The lowest BCUT2D eigenvalue weighted by molar-refractivity contribution is -0.144. The number of likely N-dealkylation sites (tertiary alicyclic amines) is 1. The van der Waals surface area contributed by atoms with Crippen LogP contribution in [0.25, 0.3) is 10.4 Å². The van der Waals surface area contributed by atoms with Gasteiger partial charge < -0.3 is 39.8 Å². The number of nitrogens with zero attached hydrogens (tertiary/aromatic N) is 4. The second-order valence-electron chi connectivity index (χ2n) is 19.0. The molecule has 2 saturated heterocycles. The molecule has 7 rings (SSSR count). The number of thiazole rings is 1. The number of carbonyl (C=O) groups is 4. The molecular weight excluding hydrogens is 905 g/mol. The average Bonchev–Trinajstić information content (AvgIpc) is 3.99. The quantitative estimate of drug-likeness (QED) is 0.0635. The Morgan fingerprint density at radius 1 is 0.743 bits per heavy atom. The van der Waals surface area contributed by atoms with Gasteiger partial charge in [0, 0.05) is 45.6 Å². The Balaban J connectivity index is 0.788. The zero-order valence-electron chi connectivity index (χ0n) is 40.8. The molecule has 0 bridgehead atoms. The van der Waals surface area contributed by atoms with E-state index in [1.807, 2.05) is 92.7 Å². The van der Waals surface area contributed by atoms with Gasteiger partial charge in [-0.25, -0.2) is 4.98 Å². The van der Waals surface area contributed by atoms with Crippen LogP contribution in [0.4, 0.5) is 0 Å². The number of rotatable bonds is 22. The molecule has 2 fully saturated rings. The maximum atomic E-state index is 14.0. The molecule has 2 aliphatic rings. The number of aromatic nitrogens is 1. The minimum absolute atomic E-state index is 0.00652. The van der Waals surface area contributed by atoms with Crippen molar-refractivity contribution in [2.24, 2.45) is 5.41 Å². The summed E-state index contributed by atoms with van der Waals surface area (Å²) in [6.45, 7) is 11.4. The molecule has 5 aromatic rings. The third-order valence-electron chi connectivity index (χ3n) is 12.9. The van der Waals surface area contributed by atoms with Gasteiger partial charge in [-0.05, 0) is 40.2 Å². The summed E-state index contributed by atoms with van der Waals surface area (Å²) in [6, 6.07) is 37.4. The van der Waals surface area contributed by atoms with E-state index in [9.17, 15) is 24.3 Å². The van der Waals surface area contributed by atoms with Gasteiger partial charge in [0.15, 0.2) is 0 Å². The number of β-amino-alcohol motifs (C(OH)–C–C–N with tert-alkyl or cyclic N) is 1. The molecule has 0 spiro atoms. The van der Waals surface area contributed by atoms with E-state index in [2.05, 4.69) is 81.2 Å². The maximum Gasteiger partial charge on any atom is 0.246 e. The summed E-state index contributed by atoms with van der Waals surface area (Å²) in [5, 5.41) is 16.4. The van der Waals surface area contributed by atoms with E-state index < -0.39 is 29.5 Å². The number of aliphatic hydroxyl groups is 1. The lowest BCUT2D eigenvalue weighted by atomic mass is 9.85. The number of aryl methyl sites for hydroxylation is 1. The van der Waals surface area contributed by atoms with Crippen LogP contribution in [-0.2, 0) is 39.9 Å². The smallest absolute Gasteiger partial charge is 0.246 e. The third-order valence-corrected chi connectivity index (χ3v) is 13.9. The molecule has 0 radical (unpaired) electrons. The minimum Gasteiger partial charge on any atom is -0.391 e. The van der Waals surface area contributed by atoms with Crippen LogP contribution in [0.5, 0.6) is 0 Å². The number of aliphatic hydroxyl groups excluding tert-OH is 1. The van der Waals surface area contributed by atoms with E-state index in [0.717, 1.165) is 33.8 Å². The van der Waals surface area contributed by atoms with Crippen molar-refractivity contribution in [1.82, 2.24) is 30.3 Å². The molecule has 4 aromatic carbocycles. The van der Waals surface area contributed by atoms with Gasteiger partial charge in [-0.3, -0.25) is 24.1 Å². The number of benzene rings is 4. The van der Waals surface area contributed by atoms with E-state index in [-0.39, 0.29) is 82.0 Å². The average molecular weight is 973 g/mol. The van der Waals surface area contributed by atoms with E-state index >= 15 is 0 Å². The Bertz CT molecular complexity index is 2390. The number of hydrogen-bond acceptors (Lipinski definition) is 11. The Kier molecular flexibility index (Phi) is 18.8. The van der Waals surface area contributed by atoms with Crippen molar-refractivity contribution >= 4 is 35.0 Å². The molecular formula is C55H68N6O8S. The summed E-state index contributed by atoms with van der Waals surface area (Å²) < 4.78 is 17.2. The number of nitrogens with one attached hydrogen (secondary N) is 2. The van der Waals surface area contributed by atoms with E-state index in [0.29, 0.717) is 32.9 Å². The summed E-state index contributed by atoms with van der Waals surface area (Å²) in [4.78, 5) is 65.6. The summed E-state index contributed by atoms with van der Waals surface area (Å²) in [5.41, 5.74) is 7.60. The topological polar surface area (TPSA) is 163 Å². The number of piperazine rings is 1. The van der Waals surface area contributed by atoms with Crippen LogP contribution in [0.15, 0.2) is 121 Å². The fourth-order valence-electron chi connectivity index (χ4n) is 9.21. The number of hydrogen-bond donors (Lipinski definition) is 3. The van der Waals surface area contributed by atoms with Crippen LogP contribution in [0.1, 0.15) is 80.1 Å². The number of ether oxygens (including phenoxy) is 3. The van der Waals surface area contributed by atoms with E-state index in [4.69, 9.17) is 14.2 Å². The van der Waals surface area contributed by atoms with Crippen LogP contribution in [0.2, 0.25) is 0 Å². The molecule has 0 saturated carbocycles. The van der Waals surface area contributed by atoms with Crippen LogP contribution in [-0.4, -0.2) is 132 Å². The molecule has 70 heavy (non-hydrogen) atoms. The van der Waals surface area contributed by atoms with Crippen LogP contribution in [0, 0.1) is 12.3 Å². The standard InChI is InChI=1S/C55H68N6O8S/c1-39-51(70-38-57-39)44-22-20-40(21-23-44)35-56-53(65)46-34-45(62)36-61(46)54(66)52(55(2,3)4)58-48(63)24-28-67-30-32-69-33-31-68-29-25-49(64)60-27-26-59(37-47(60)41-14-8-5-9-15-41)50(42-16-10-6-11-17-42)43-18-12-7-13-19-43/h5-23,38,45-47,50,52,62H,24-37H2,1-4H3,(H,56,65)(H,58,63)/t45-,46+,47+,52-/m1/s1. The van der Waals surface area contributed by atoms with Crippen molar-refractivity contribution in [3.05, 3.63) is 149 Å². The Labute approximate surface area is 416 Å². The Morgan fingerprint density at radius 2 is 1.33 bits per heavy atom. The molecule has 3 N–H and O–H groups in total. The summed E-state index contributed by atoms with van der Waals surface area (Å²) in [5.74, 6) is -1.10. The van der Waals surface area contributed by atoms with Gasteiger partial charge in [0.1, 0.15) is 12.1 Å². The highest BCUT2D eigenvalue weighted by Gasteiger charge is 2.44. The van der Waals surface area contributed by atoms with Crippen LogP contribution in [0.3, 0.4) is 0 Å². The predicted octanol–water partition coefficient (Wildman–Crippen LogP) is 6.73. The van der Waals surface area contributed by atoms with Crippen molar-refractivity contribution in [2.45, 2.75) is 83.8 Å². The summed E-state index contributed by atoms with van der Waals surface area (Å²) in [6.07, 6.45) is -0.480. The lowest BCUT2D eigenvalue weighted by Gasteiger charge is -2.45. The molecule has 14 nitrogen and oxygen atoms in total. The molecule has 2 aliphatic heterocycles. The molecule has 0 aliphatic carbocycles. The molecule has 4 amide bonds. The first-order chi connectivity index (χ1) is 33.9. The zero-order valence-corrected chi connectivity index (χ0v) is 41.7. The van der Waals surface area contributed by atoms with Gasteiger partial charge in [-0.2, -0.15) is 0 Å². The monoisotopic (exact) mass is 972 g/mol. The Hall–Kier alpha value is -5.81. The molecule has 3 heterocycles. The molecule has 372 valence electrons. The molecule has 4 atom stereocenters. The fourth-order valence-corrected chi connectivity index (χ4v) is 10.0. The summed E-state index contributed by atoms with van der Waals surface area (Å²) >= 11 is 1.58. The molecule has 1 aromatic heterocycles. The molecule has 15 heteroatoms. The van der Waals surface area contributed by atoms with Crippen molar-refractivity contribution in [3.63, 3.8) is 0 Å². The first-order valence-electron chi connectivity index (χ1n) is 24.3. The Morgan fingerprint density at radius 3 is 1.91 bits per heavy atom. The minimum atomic E-state index is -0.935. The predicted molar refractivity (Wildman–Crippen MR) is 271 cm³/mol. The van der Waals surface area contributed by atoms with Gasteiger partial charge in [-0.15, -0.1) is 11.3 Å². The first kappa shape index (κ1) is 52.0. The van der Waals surface area contributed by atoms with Crippen molar-refractivity contribution in [1.29, 1.82) is 0 Å². The van der Waals surface area contributed by atoms with Gasteiger partial charge in [0.05, 0.1) is 80.3 Å². The largest absolute Gasteiger partial charge is 0.391 e. The van der Waals surface area contributed by atoms with Gasteiger partial charge in [-0.1, -0.05) is 136 Å². The fraction of sp³-hybridized carbons (Fsp3) is 0.436. The maximum absolute atomic E-state index is 14.0. The summed E-state index contributed by atoms with van der Waals surface area (Å²) in [7, 11) is 0. The van der Waals surface area contributed by atoms with Gasteiger partial charge >= 0.3 is 0 Å². The number of carbonyl (C=O) groups excluding carboxylic acids is 4. The van der Waals surface area contributed by atoms with Crippen molar-refractivity contribution < 1.29 is 38.5 Å². The normalized spacial score (nSPS) is 17.9. The van der Waals surface area contributed by atoms with Gasteiger partial charge in [0.25, 0.3) is 0 Å². The number of amides is 4. The lowest BCUT2D eigenvalue weighted by Crippen LogP contribution is -2.57. The highest BCUT2D eigenvalue weighted by molar-refractivity contribution is 7.13. The van der Waals surface area contributed by atoms with E-state index in [1.165, 1.54) is 16.0 Å². The van der Waals surface area contributed by atoms with Crippen LogP contribution < -0.4 is 10.6 Å². The SMILES string of the molecule is Cc1ncsc1-c1ccc(CNC(=O)[C@@H]2C[C@@H](O)CN2C(=O)[C@@H](NC(=O)CCOCCOCCOCCC(=O)N2CCN(C(c3ccccc3)c3ccccc3)C[C@H]2c2ccccc2)C(C)(C)C)cc1. The second-order valence-corrected chi connectivity index (χ2v) is 19.9. The van der Waals surface area contributed by atoms with Crippen molar-refractivity contribution in [3.8, 4) is 10.4 Å². The van der Waals surface area contributed by atoms with E-state index in [1.54, 1.807) is 11.3 Å². The van der Waals surface area contributed by atoms with Crippen LogP contribution >= 0.6 is 11.3 Å². The third kappa shape index (κ3) is 14.2. The molecule has 0 unspecified atom stereocenters.